The lowest BCUT2D eigenvalue weighted by Gasteiger charge is -2.36. The Bertz CT molecular complexity index is 3300. The van der Waals surface area contributed by atoms with Gasteiger partial charge in [-0.2, -0.15) is 0 Å². The van der Waals surface area contributed by atoms with Crippen molar-refractivity contribution in [2.24, 2.45) is 0 Å². The average molecular weight is 867 g/mol. The Morgan fingerprint density at radius 1 is 0.308 bits per heavy atom. The molecule has 0 amide bonds. The molecule has 0 N–H and O–H groups in total. The molecule has 0 unspecified atom stereocenters. The summed E-state index contributed by atoms with van der Waals surface area (Å²) < 4.78 is 0. The van der Waals surface area contributed by atoms with Crippen molar-refractivity contribution in [1.82, 2.24) is 0 Å². The Morgan fingerprint density at radius 2 is 0.708 bits per heavy atom. The third-order valence-corrected chi connectivity index (χ3v) is 16.7. The van der Waals surface area contributed by atoms with Gasteiger partial charge in [-0.1, -0.05) is 244 Å². The van der Waals surface area contributed by atoms with Crippen molar-refractivity contribution in [3.63, 3.8) is 0 Å². The van der Waals surface area contributed by atoms with Crippen molar-refractivity contribution in [2.45, 2.75) is 58.1 Å². The quantitative estimate of drug-likeness (QED) is 0.116. The first kappa shape index (κ1) is 40.0. The van der Waals surface area contributed by atoms with Gasteiger partial charge in [0.25, 0.3) is 0 Å². The van der Waals surface area contributed by atoms with Crippen LogP contribution in [0.2, 0.25) is 0 Å². The lowest BCUT2D eigenvalue weighted by atomic mass is 9.36. The second kappa shape index (κ2) is 15.6. The van der Waals surface area contributed by atoms with Gasteiger partial charge in [-0.15, -0.1) is 0 Å². The Balaban J connectivity index is 1.02. The van der Waals surface area contributed by atoms with Gasteiger partial charge < -0.3 is 0 Å². The van der Waals surface area contributed by atoms with E-state index in [-0.39, 0.29) is 17.5 Å². The molecule has 0 aliphatic carbocycles. The first-order valence-corrected chi connectivity index (χ1v) is 24.4. The second-order valence-corrected chi connectivity index (χ2v) is 21.0. The van der Waals surface area contributed by atoms with Gasteiger partial charge in [0, 0.05) is 30.4 Å². The third kappa shape index (κ3) is 6.62. The van der Waals surface area contributed by atoms with E-state index in [1.54, 1.807) is 0 Å². The van der Waals surface area contributed by atoms with Crippen molar-refractivity contribution < 1.29 is 0 Å². The molecule has 0 saturated heterocycles. The summed E-state index contributed by atoms with van der Waals surface area (Å²) >= 11 is 3.89. The number of rotatable bonds is 7. The molecule has 2 aliphatic rings. The standard InChI is InChI=1S/C62H47BS2/c1-61(2,44-23-10-6-11-24-44)46-31-33-54-52(38-46)63-53-39-47(62(3,4)45-25-12-7-13-26-45)32-34-55(53)65-57-37-43(36-56(64-54)60(57)63)41-21-18-22-42(35-41)59-50-29-16-14-27-48(50)58(40-19-8-5-9-20-40)49-28-15-17-30-51(49)59/h5-39H,1-4H3. The molecule has 2 heterocycles. The van der Waals surface area contributed by atoms with E-state index in [1.807, 2.05) is 23.5 Å². The molecule has 310 valence electrons. The van der Waals surface area contributed by atoms with Crippen LogP contribution in [0.4, 0.5) is 0 Å². The summed E-state index contributed by atoms with van der Waals surface area (Å²) in [5.74, 6) is 0. The molecule has 10 aromatic rings. The molecule has 3 heteroatoms. The first-order chi connectivity index (χ1) is 31.7. The van der Waals surface area contributed by atoms with Crippen LogP contribution < -0.4 is 16.4 Å². The molecule has 0 saturated carbocycles. The smallest absolute Gasteiger partial charge is 0.0911 e. The maximum Gasteiger partial charge on any atom is 0.247 e. The molecule has 0 radical (unpaired) electrons. The van der Waals surface area contributed by atoms with Gasteiger partial charge in [0.2, 0.25) is 6.71 Å². The van der Waals surface area contributed by atoms with E-state index in [0.29, 0.717) is 0 Å². The van der Waals surface area contributed by atoms with Crippen LogP contribution in [0.25, 0.3) is 54.9 Å². The SMILES string of the molecule is CC(C)(c1ccccc1)c1ccc2c(c1)B1c3cc(C(C)(C)c4ccccc4)ccc3Sc3cc(-c4cccc(-c5c6ccccc6c(-c6ccccc6)c6ccccc56)c4)cc(c31)S2. The summed E-state index contributed by atoms with van der Waals surface area (Å²) in [6, 6.07) is 79.7. The van der Waals surface area contributed by atoms with Crippen molar-refractivity contribution in [1.29, 1.82) is 0 Å². The molecular formula is C62H47BS2. The molecule has 2 aliphatic heterocycles. The Labute approximate surface area is 391 Å². The lowest BCUT2D eigenvalue weighted by Crippen LogP contribution is -2.58. The molecule has 10 aromatic carbocycles. The molecule has 0 bridgehead atoms. The van der Waals surface area contributed by atoms with Crippen LogP contribution in [0.1, 0.15) is 49.9 Å². The normalized spacial score (nSPS) is 13.1. The fourth-order valence-electron chi connectivity index (χ4n) is 10.7. The zero-order valence-corrected chi connectivity index (χ0v) is 38.7. The number of hydrogen-bond donors (Lipinski definition) is 0. The van der Waals surface area contributed by atoms with Crippen molar-refractivity contribution in [3.8, 4) is 33.4 Å². The number of fused-ring (bicyclic) bond motifs is 6. The second-order valence-electron chi connectivity index (χ2n) is 18.8. The number of hydrogen-bond acceptors (Lipinski definition) is 2. The summed E-state index contributed by atoms with van der Waals surface area (Å²) in [6.07, 6.45) is 0. The van der Waals surface area contributed by atoms with Crippen LogP contribution in [0.3, 0.4) is 0 Å². The van der Waals surface area contributed by atoms with Crippen LogP contribution in [-0.4, -0.2) is 6.71 Å². The maximum atomic E-state index is 2.54. The van der Waals surface area contributed by atoms with Crippen LogP contribution in [0.5, 0.6) is 0 Å². The predicted octanol–water partition coefficient (Wildman–Crippen LogP) is 15.1. The molecule has 0 spiro atoms. The molecule has 65 heavy (non-hydrogen) atoms. The lowest BCUT2D eigenvalue weighted by molar-refractivity contribution is 0.640. The van der Waals surface area contributed by atoms with E-state index in [4.69, 9.17) is 0 Å². The van der Waals surface area contributed by atoms with E-state index in [1.165, 1.54) is 113 Å². The summed E-state index contributed by atoms with van der Waals surface area (Å²) in [4.78, 5) is 5.39. The Hall–Kier alpha value is -6.52. The van der Waals surface area contributed by atoms with E-state index in [9.17, 15) is 0 Å². The highest BCUT2D eigenvalue weighted by Gasteiger charge is 2.40. The zero-order valence-electron chi connectivity index (χ0n) is 37.1. The fraction of sp³-hybridized carbons (Fsp3) is 0.0968. The van der Waals surface area contributed by atoms with Crippen LogP contribution in [-0.2, 0) is 10.8 Å². The van der Waals surface area contributed by atoms with Crippen molar-refractivity contribution >= 4 is 68.2 Å². The van der Waals surface area contributed by atoms with E-state index in [2.05, 4.69) is 240 Å². The summed E-state index contributed by atoms with van der Waals surface area (Å²) in [5.41, 5.74) is 16.9. The minimum absolute atomic E-state index is 0.117. The van der Waals surface area contributed by atoms with Gasteiger partial charge in [-0.05, 0) is 113 Å². The van der Waals surface area contributed by atoms with Gasteiger partial charge in [-0.25, -0.2) is 0 Å². The van der Waals surface area contributed by atoms with Crippen molar-refractivity contribution in [2.75, 3.05) is 0 Å². The minimum atomic E-state index is -0.152. The number of benzene rings is 10. The fourth-order valence-corrected chi connectivity index (χ4v) is 13.1. The molecule has 12 rings (SSSR count). The van der Waals surface area contributed by atoms with E-state index >= 15 is 0 Å². The Kier molecular flexibility index (Phi) is 9.60. The zero-order chi connectivity index (χ0) is 43.9. The summed E-state index contributed by atoms with van der Waals surface area (Å²) in [5, 5.41) is 5.10. The maximum absolute atomic E-state index is 2.54. The minimum Gasteiger partial charge on any atom is -0.0911 e. The Morgan fingerprint density at radius 3 is 1.18 bits per heavy atom. The van der Waals surface area contributed by atoms with Crippen molar-refractivity contribution in [3.05, 3.63) is 235 Å². The van der Waals surface area contributed by atoms with Crippen LogP contribution >= 0.6 is 23.5 Å². The largest absolute Gasteiger partial charge is 0.247 e. The molecule has 0 nitrogen and oxygen atoms in total. The highest BCUT2D eigenvalue weighted by molar-refractivity contribution is 8.01. The van der Waals surface area contributed by atoms with Gasteiger partial charge in [-0.3, -0.25) is 0 Å². The molecular weight excluding hydrogens is 820 g/mol. The van der Waals surface area contributed by atoms with Gasteiger partial charge >= 0.3 is 0 Å². The predicted molar refractivity (Wildman–Crippen MR) is 281 cm³/mol. The average Bonchev–Trinajstić information content (AvgIpc) is 3.35. The van der Waals surface area contributed by atoms with Gasteiger partial charge in [0.05, 0.1) is 0 Å². The molecule has 0 atom stereocenters. The van der Waals surface area contributed by atoms with Gasteiger partial charge in [0.1, 0.15) is 0 Å². The monoisotopic (exact) mass is 866 g/mol. The van der Waals surface area contributed by atoms with Crippen LogP contribution in [0.15, 0.2) is 232 Å². The van der Waals surface area contributed by atoms with E-state index < -0.39 is 0 Å². The molecule has 0 aromatic heterocycles. The third-order valence-electron chi connectivity index (χ3n) is 14.4. The first-order valence-electron chi connectivity index (χ1n) is 22.8. The van der Waals surface area contributed by atoms with Gasteiger partial charge in [0.15, 0.2) is 0 Å². The topological polar surface area (TPSA) is 0 Å². The van der Waals surface area contributed by atoms with E-state index in [0.717, 1.165) is 0 Å². The highest BCUT2D eigenvalue weighted by atomic mass is 32.2. The highest BCUT2D eigenvalue weighted by Crippen LogP contribution is 2.46. The molecule has 0 fully saturated rings. The van der Waals surface area contributed by atoms with Crippen LogP contribution in [0, 0.1) is 0 Å². The summed E-state index contributed by atoms with van der Waals surface area (Å²) in [7, 11) is 0. The summed E-state index contributed by atoms with van der Waals surface area (Å²) in [6.45, 7) is 9.59.